The standard InChI is InChI=1S/C24H27N3O2/c1-15-21(16(2)27-26-15)12-20-11-18(9-10-22(20)28-4)14-25-17(3)24-13-19-7-5-6-8-23(19)29-24/h5-11,13,17,25H,12,14H2,1-4H3,(H,26,27). The lowest BCUT2D eigenvalue weighted by atomic mass is 10.00. The molecule has 0 saturated carbocycles. The molecule has 0 spiro atoms. The van der Waals surface area contributed by atoms with Crippen LogP contribution in [0, 0.1) is 13.8 Å². The molecule has 2 heterocycles. The summed E-state index contributed by atoms with van der Waals surface area (Å²) in [6.07, 6.45) is 0.796. The molecule has 0 amide bonds. The molecule has 5 heteroatoms. The minimum absolute atomic E-state index is 0.117. The van der Waals surface area contributed by atoms with Crippen LogP contribution in [-0.4, -0.2) is 17.3 Å². The van der Waals surface area contributed by atoms with Crippen molar-refractivity contribution < 1.29 is 9.15 Å². The molecule has 4 rings (SSSR count). The van der Waals surface area contributed by atoms with Crippen molar-refractivity contribution in [3.8, 4) is 5.75 Å². The van der Waals surface area contributed by atoms with Crippen molar-refractivity contribution in [3.63, 3.8) is 0 Å². The van der Waals surface area contributed by atoms with Gasteiger partial charge in [0.05, 0.1) is 18.8 Å². The summed E-state index contributed by atoms with van der Waals surface area (Å²) in [5.74, 6) is 1.85. The molecule has 2 aromatic heterocycles. The fourth-order valence-corrected chi connectivity index (χ4v) is 3.69. The first-order valence-electron chi connectivity index (χ1n) is 9.93. The lowest BCUT2D eigenvalue weighted by Crippen LogP contribution is -2.17. The van der Waals surface area contributed by atoms with Gasteiger partial charge in [-0.2, -0.15) is 5.10 Å². The van der Waals surface area contributed by atoms with E-state index in [1.165, 1.54) is 11.1 Å². The number of aromatic amines is 1. The molecule has 4 aromatic rings. The van der Waals surface area contributed by atoms with E-state index in [2.05, 4.69) is 53.6 Å². The van der Waals surface area contributed by atoms with E-state index < -0.39 is 0 Å². The van der Waals surface area contributed by atoms with Gasteiger partial charge in [0, 0.05) is 29.6 Å². The molecule has 1 atom stereocenters. The lowest BCUT2D eigenvalue weighted by Gasteiger charge is -2.14. The summed E-state index contributed by atoms with van der Waals surface area (Å²) in [6.45, 7) is 6.97. The van der Waals surface area contributed by atoms with Crippen LogP contribution < -0.4 is 10.1 Å². The predicted molar refractivity (Wildman–Crippen MR) is 115 cm³/mol. The van der Waals surface area contributed by atoms with Crippen LogP contribution in [0.3, 0.4) is 0 Å². The number of H-pyrrole nitrogens is 1. The van der Waals surface area contributed by atoms with Crippen LogP contribution in [-0.2, 0) is 13.0 Å². The Hall–Kier alpha value is -3.05. The first kappa shape index (κ1) is 19.3. The number of benzene rings is 2. The van der Waals surface area contributed by atoms with Crippen molar-refractivity contribution in [3.05, 3.63) is 82.4 Å². The molecule has 5 nitrogen and oxygen atoms in total. The maximum Gasteiger partial charge on any atom is 0.134 e. The first-order chi connectivity index (χ1) is 14.0. The minimum Gasteiger partial charge on any atom is -0.496 e. The van der Waals surface area contributed by atoms with Gasteiger partial charge < -0.3 is 14.5 Å². The van der Waals surface area contributed by atoms with Gasteiger partial charge in [0.2, 0.25) is 0 Å². The Bertz CT molecular complexity index is 1070. The summed E-state index contributed by atoms with van der Waals surface area (Å²) in [5.41, 5.74) is 6.66. The van der Waals surface area contributed by atoms with E-state index in [9.17, 15) is 0 Å². The van der Waals surface area contributed by atoms with Crippen LogP contribution >= 0.6 is 0 Å². The maximum atomic E-state index is 5.98. The number of methoxy groups -OCH3 is 1. The summed E-state index contributed by atoms with van der Waals surface area (Å²) in [5, 5.41) is 12.1. The minimum atomic E-state index is 0.117. The Morgan fingerprint density at radius 1 is 1.14 bits per heavy atom. The third-order valence-electron chi connectivity index (χ3n) is 5.48. The van der Waals surface area contributed by atoms with Crippen molar-refractivity contribution in [2.24, 2.45) is 0 Å². The number of aryl methyl sites for hydroxylation is 2. The predicted octanol–water partition coefficient (Wildman–Crippen LogP) is 5.22. The monoisotopic (exact) mass is 389 g/mol. The third-order valence-corrected chi connectivity index (χ3v) is 5.48. The van der Waals surface area contributed by atoms with Crippen molar-refractivity contribution in [2.45, 2.75) is 39.8 Å². The SMILES string of the molecule is COc1ccc(CNC(C)c2cc3ccccc3o2)cc1Cc1c(C)n[nH]c1C. The van der Waals surface area contributed by atoms with E-state index >= 15 is 0 Å². The van der Waals surface area contributed by atoms with Crippen LogP contribution in [0.25, 0.3) is 11.0 Å². The highest BCUT2D eigenvalue weighted by Gasteiger charge is 2.14. The van der Waals surface area contributed by atoms with Crippen LogP contribution in [0.4, 0.5) is 0 Å². The van der Waals surface area contributed by atoms with E-state index in [1.807, 2.05) is 31.2 Å². The third kappa shape index (κ3) is 4.05. The van der Waals surface area contributed by atoms with E-state index in [-0.39, 0.29) is 6.04 Å². The van der Waals surface area contributed by atoms with Crippen molar-refractivity contribution in [1.82, 2.24) is 15.5 Å². The molecule has 150 valence electrons. The van der Waals surface area contributed by atoms with Gasteiger partial charge in [0.1, 0.15) is 17.1 Å². The molecular formula is C24H27N3O2. The Morgan fingerprint density at radius 2 is 1.97 bits per heavy atom. The number of aromatic nitrogens is 2. The smallest absolute Gasteiger partial charge is 0.134 e. The number of para-hydroxylation sites is 1. The quantitative estimate of drug-likeness (QED) is 0.455. The molecule has 0 aliphatic carbocycles. The van der Waals surface area contributed by atoms with Gasteiger partial charge in [-0.25, -0.2) is 0 Å². The number of fused-ring (bicyclic) bond motifs is 1. The zero-order valence-electron chi connectivity index (χ0n) is 17.4. The molecule has 0 radical (unpaired) electrons. The molecule has 2 aromatic carbocycles. The molecule has 0 aliphatic heterocycles. The number of nitrogens with zero attached hydrogens (tertiary/aromatic N) is 1. The number of rotatable bonds is 7. The van der Waals surface area contributed by atoms with E-state index in [4.69, 9.17) is 9.15 Å². The second-order valence-corrected chi connectivity index (χ2v) is 7.52. The highest BCUT2D eigenvalue weighted by Crippen LogP contribution is 2.26. The molecule has 0 saturated heterocycles. The zero-order valence-corrected chi connectivity index (χ0v) is 17.4. The van der Waals surface area contributed by atoms with Gasteiger partial charge in [-0.05, 0) is 50.1 Å². The van der Waals surface area contributed by atoms with Gasteiger partial charge in [-0.3, -0.25) is 5.10 Å². The van der Waals surface area contributed by atoms with E-state index in [0.29, 0.717) is 0 Å². The summed E-state index contributed by atoms with van der Waals surface area (Å²) in [4.78, 5) is 0. The molecule has 0 bridgehead atoms. The number of ether oxygens (including phenoxy) is 1. The Kier molecular flexibility index (Phi) is 5.41. The lowest BCUT2D eigenvalue weighted by molar-refractivity contribution is 0.410. The van der Waals surface area contributed by atoms with E-state index in [1.54, 1.807) is 7.11 Å². The Morgan fingerprint density at radius 3 is 2.69 bits per heavy atom. The van der Waals surface area contributed by atoms with Crippen LogP contribution in [0.5, 0.6) is 5.75 Å². The van der Waals surface area contributed by atoms with Gasteiger partial charge in [0.15, 0.2) is 0 Å². The molecule has 1 unspecified atom stereocenters. The largest absolute Gasteiger partial charge is 0.496 e. The van der Waals surface area contributed by atoms with Crippen LogP contribution in [0.2, 0.25) is 0 Å². The fraction of sp³-hybridized carbons (Fsp3) is 0.292. The number of nitrogens with one attached hydrogen (secondary N) is 2. The second-order valence-electron chi connectivity index (χ2n) is 7.52. The van der Waals surface area contributed by atoms with Crippen molar-refractivity contribution >= 4 is 11.0 Å². The first-order valence-corrected chi connectivity index (χ1v) is 9.93. The summed E-state index contributed by atoms with van der Waals surface area (Å²) < 4.78 is 11.6. The van der Waals surface area contributed by atoms with Gasteiger partial charge >= 0.3 is 0 Å². The normalized spacial score (nSPS) is 12.4. The second kappa shape index (κ2) is 8.13. The Labute approximate surface area is 171 Å². The van der Waals surface area contributed by atoms with Crippen LogP contribution in [0.15, 0.2) is 52.9 Å². The zero-order chi connectivity index (χ0) is 20.4. The van der Waals surface area contributed by atoms with Crippen LogP contribution in [0.1, 0.15) is 46.8 Å². The van der Waals surface area contributed by atoms with E-state index in [0.717, 1.165) is 52.4 Å². The molecule has 0 aliphatic rings. The van der Waals surface area contributed by atoms with Crippen molar-refractivity contribution in [2.75, 3.05) is 7.11 Å². The summed E-state index contributed by atoms with van der Waals surface area (Å²) in [7, 11) is 1.72. The molecule has 0 fully saturated rings. The average molecular weight is 389 g/mol. The summed E-state index contributed by atoms with van der Waals surface area (Å²) in [6, 6.07) is 16.7. The Balaban J connectivity index is 1.49. The highest BCUT2D eigenvalue weighted by atomic mass is 16.5. The van der Waals surface area contributed by atoms with Gasteiger partial charge in [0.25, 0.3) is 0 Å². The number of hydrogen-bond donors (Lipinski definition) is 2. The topological polar surface area (TPSA) is 63.1 Å². The van der Waals surface area contributed by atoms with Gasteiger partial charge in [-0.1, -0.05) is 30.3 Å². The molecule has 29 heavy (non-hydrogen) atoms. The summed E-state index contributed by atoms with van der Waals surface area (Å²) >= 11 is 0. The van der Waals surface area contributed by atoms with Crippen molar-refractivity contribution in [1.29, 1.82) is 0 Å². The maximum absolute atomic E-state index is 5.98. The highest BCUT2D eigenvalue weighted by molar-refractivity contribution is 5.77. The molecule has 2 N–H and O–H groups in total. The number of hydrogen-bond acceptors (Lipinski definition) is 4. The molecular weight excluding hydrogens is 362 g/mol. The average Bonchev–Trinajstić information content (AvgIpc) is 3.31. The van der Waals surface area contributed by atoms with Gasteiger partial charge in [-0.15, -0.1) is 0 Å². The number of furan rings is 1. The fourth-order valence-electron chi connectivity index (χ4n) is 3.69.